The number of carbonyl (C=O) groups excluding carboxylic acids is 1. The molecule has 0 aliphatic carbocycles. The van der Waals surface area contributed by atoms with Gasteiger partial charge in [0.15, 0.2) is 0 Å². The lowest BCUT2D eigenvalue weighted by Gasteiger charge is -2.28. The molecule has 0 radical (unpaired) electrons. The van der Waals surface area contributed by atoms with E-state index in [0.717, 1.165) is 16.3 Å². The second-order valence-corrected chi connectivity index (χ2v) is 7.70. The number of aryl methyl sites for hydroxylation is 3. The van der Waals surface area contributed by atoms with Gasteiger partial charge in [-0.3, -0.25) is 14.4 Å². The van der Waals surface area contributed by atoms with Gasteiger partial charge in [-0.05, 0) is 26.3 Å². The van der Waals surface area contributed by atoms with Gasteiger partial charge in [-0.1, -0.05) is 0 Å². The molecular formula is C17H24FN5OS. The van der Waals surface area contributed by atoms with Crippen LogP contribution in [0, 0.1) is 13.8 Å². The van der Waals surface area contributed by atoms with Crippen LogP contribution in [0.1, 0.15) is 33.2 Å². The number of likely N-dealkylation sites (tertiary alicyclic amines) is 1. The first-order valence-electron chi connectivity index (χ1n) is 8.38. The van der Waals surface area contributed by atoms with E-state index in [2.05, 4.69) is 15.0 Å². The predicted molar refractivity (Wildman–Crippen MR) is 95.5 cm³/mol. The van der Waals surface area contributed by atoms with Crippen molar-refractivity contribution in [3.8, 4) is 0 Å². The minimum absolute atomic E-state index is 0.0137. The van der Waals surface area contributed by atoms with E-state index < -0.39 is 6.17 Å². The molecule has 1 aliphatic rings. The first-order valence-corrected chi connectivity index (χ1v) is 9.26. The van der Waals surface area contributed by atoms with Gasteiger partial charge in [0, 0.05) is 44.6 Å². The average Bonchev–Trinajstić information content (AvgIpc) is 3.20. The molecular weight excluding hydrogens is 341 g/mol. The van der Waals surface area contributed by atoms with E-state index in [0.29, 0.717) is 31.7 Å². The van der Waals surface area contributed by atoms with Gasteiger partial charge in [0.1, 0.15) is 11.9 Å². The number of hydrogen-bond acceptors (Lipinski definition) is 5. The van der Waals surface area contributed by atoms with Gasteiger partial charge in [0.05, 0.1) is 16.9 Å². The maximum atomic E-state index is 14.0. The van der Waals surface area contributed by atoms with E-state index in [-0.39, 0.29) is 11.9 Å². The van der Waals surface area contributed by atoms with Crippen LogP contribution in [-0.4, -0.2) is 62.8 Å². The lowest BCUT2D eigenvalue weighted by molar-refractivity contribution is 0.0739. The van der Waals surface area contributed by atoms with Crippen molar-refractivity contribution in [1.82, 2.24) is 24.6 Å². The number of halogens is 1. The van der Waals surface area contributed by atoms with E-state index in [1.54, 1.807) is 41.1 Å². The van der Waals surface area contributed by atoms with Gasteiger partial charge < -0.3 is 4.90 Å². The summed E-state index contributed by atoms with van der Waals surface area (Å²) in [5.74, 6) is -0.0840. The van der Waals surface area contributed by atoms with Crippen molar-refractivity contribution >= 4 is 17.2 Å². The highest BCUT2D eigenvalue weighted by atomic mass is 32.1. The largest absolute Gasteiger partial charge is 0.339 e. The van der Waals surface area contributed by atoms with Crippen LogP contribution in [0.2, 0.25) is 0 Å². The summed E-state index contributed by atoms with van der Waals surface area (Å²) in [6.45, 7) is 5.44. The third-order valence-corrected chi connectivity index (χ3v) is 5.64. The monoisotopic (exact) mass is 365 g/mol. The molecule has 0 saturated carbocycles. The number of aromatic nitrogens is 3. The molecule has 0 spiro atoms. The second kappa shape index (κ2) is 7.21. The summed E-state index contributed by atoms with van der Waals surface area (Å²) in [4.78, 5) is 21.9. The van der Waals surface area contributed by atoms with Crippen LogP contribution in [0.15, 0.2) is 11.6 Å². The number of carbonyl (C=O) groups is 1. The van der Waals surface area contributed by atoms with Gasteiger partial charge in [-0.25, -0.2) is 9.37 Å². The summed E-state index contributed by atoms with van der Waals surface area (Å²) < 4.78 is 15.6. The number of hydrogen-bond donors (Lipinski definition) is 0. The van der Waals surface area contributed by atoms with Gasteiger partial charge >= 0.3 is 0 Å². The zero-order valence-electron chi connectivity index (χ0n) is 15.1. The Labute approximate surface area is 151 Å². The van der Waals surface area contributed by atoms with E-state index in [4.69, 9.17) is 0 Å². The Kier molecular flexibility index (Phi) is 5.19. The highest BCUT2D eigenvalue weighted by molar-refractivity contribution is 7.09. The van der Waals surface area contributed by atoms with Crippen molar-refractivity contribution < 1.29 is 9.18 Å². The molecule has 1 aliphatic heterocycles. The number of nitrogens with zero attached hydrogens (tertiary/aromatic N) is 5. The Hall–Kier alpha value is -1.80. The van der Waals surface area contributed by atoms with Crippen LogP contribution in [-0.2, 0) is 13.6 Å². The van der Waals surface area contributed by atoms with E-state index in [9.17, 15) is 9.18 Å². The predicted octanol–water partition coefficient (Wildman–Crippen LogP) is 2.18. The molecule has 3 rings (SSSR count). The van der Waals surface area contributed by atoms with Crippen LogP contribution >= 0.6 is 11.3 Å². The van der Waals surface area contributed by atoms with Crippen molar-refractivity contribution in [3.05, 3.63) is 33.5 Å². The number of rotatable bonds is 5. The fraction of sp³-hybridized carbons (Fsp3) is 0.588. The summed E-state index contributed by atoms with van der Waals surface area (Å²) in [7, 11) is 3.53. The molecule has 2 aromatic rings. The standard InChI is InChI=1S/C17H24FN5OS/c1-11-5-15(22(4)20-11)17(24)21(3)8-14-6-13(18)7-23(14)9-16-12(2)19-10-25-16/h5,10,13-14H,6-9H2,1-4H3/t13-,14-/m0/s1. The van der Waals surface area contributed by atoms with Crippen LogP contribution in [0.5, 0.6) is 0 Å². The highest BCUT2D eigenvalue weighted by Gasteiger charge is 2.34. The molecule has 0 bridgehead atoms. The Morgan fingerprint density at radius 2 is 2.24 bits per heavy atom. The lowest BCUT2D eigenvalue weighted by Crippen LogP contribution is -2.41. The summed E-state index contributed by atoms with van der Waals surface area (Å²) in [6, 6.07) is 1.80. The smallest absolute Gasteiger partial charge is 0.271 e. The lowest BCUT2D eigenvalue weighted by atomic mass is 10.2. The number of likely N-dealkylation sites (N-methyl/N-ethyl adjacent to an activating group) is 1. The first kappa shape index (κ1) is 18.0. The number of thiazole rings is 1. The fourth-order valence-corrected chi connectivity index (χ4v) is 4.18. The summed E-state index contributed by atoms with van der Waals surface area (Å²) in [5.41, 5.74) is 4.19. The topological polar surface area (TPSA) is 54.3 Å². The normalized spacial score (nSPS) is 21.0. The molecule has 2 atom stereocenters. The number of amides is 1. The Balaban J connectivity index is 1.68. The van der Waals surface area contributed by atoms with Crippen LogP contribution in [0.3, 0.4) is 0 Å². The first-order chi connectivity index (χ1) is 11.8. The van der Waals surface area contributed by atoms with Crippen molar-refractivity contribution in [1.29, 1.82) is 0 Å². The maximum absolute atomic E-state index is 14.0. The quantitative estimate of drug-likeness (QED) is 0.815. The second-order valence-electron chi connectivity index (χ2n) is 6.76. The molecule has 8 heteroatoms. The van der Waals surface area contributed by atoms with Crippen LogP contribution < -0.4 is 0 Å². The third kappa shape index (κ3) is 3.90. The Bertz CT molecular complexity index is 758. The van der Waals surface area contributed by atoms with E-state index >= 15 is 0 Å². The fourth-order valence-electron chi connectivity index (χ4n) is 3.37. The summed E-state index contributed by atoms with van der Waals surface area (Å²) in [6.07, 6.45) is -0.388. The maximum Gasteiger partial charge on any atom is 0.271 e. The molecule has 136 valence electrons. The summed E-state index contributed by atoms with van der Waals surface area (Å²) in [5, 5.41) is 4.23. The highest BCUT2D eigenvalue weighted by Crippen LogP contribution is 2.26. The molecule has 0 unspecified atom stereocenters. The molecule has 2 aromatic heterocycles. The van der Waals surface area contributed by atoms with Crippen LogP contribution in [0.4, 0.5) is 4.39 Å². The van der Waals surface area contributed by atoms with Crippen LogP contribution in [0.25, 0.3) is 0 Å². The molecule has 3 heterocycles. The summed E-state index contributed by atoms with van der Waals surface area (Å²) >= 11 is 1.60. The van der Waals surface area contributed by atoms with E-state index in [1.165, 1.54) is 0 Å². The molecule has 1 fully saturated rings. The SMILES string of the molecule is Cc1cc(C(=O)N(C)C[C@@H]2C[C@H](F)CN2Cc2scnc2C)n(C)n1. The molecule has 0 aromatic carbocycles. The molecule has 1 saturated heterocycles. The molecule has 1 amide bonds. The van der Waals surface area contributed by atoms with Crippen molar-refractivity contribution in [2.24, 2.45) is 7.05 Å². The Morgan fingerprint density at radius 3 is 2.84 bits per heavy atom. The van der Waals surface area contributed by atoms with Gasteiger partial charge in [0.25, 0.3) is 5.91 Å². The third-order valence-electron chi connectivity index (χ3n) is 4.72. The zero-order valence-corrected chi connectivity index (χ0v) is 15.9. The zero-order chi connectivity index (χ0) is 18.1. The molecule has 25 heavy (non-hydrogen) atoms. The van der Waals surface area contributed by atoms with Gasteiger partial charge in [0.2, 0.25) is 0 Å². The minimum atomic E-state index is -0.847. The molecule has 0 N–H and O–H groups in total. The van der Waals surface area contributed by atoms with E-state index in [1.807, 2.05) is 19.4 Å². The number of alkyl halides is 1. The van der Waals surface area contributed by atoms with Gasteiger partial charge in [-0.2, -0.15) is 5.10 Å². The minimum Gasteiger partial charge on any atom is -0.339 e. The van der Waals surface area contributed by atoms with Crippen molar-refractivity contribution in [3.63, 3.8) is 0 Å². The average molecular weight is 365 g/mol. The molecule has 6 nitrogen and oxygen atoms in total. The van der Waals surface area contributed by atoms with Gasteiger partial charge in [-0.15, -0.1) is 11.3 Å². The van der Waals surface area contributed by atoms with Crippen molar-refractivity contribution in [2.45, 2.75) is 39.0 Å². The van der Waals surface area contributed by atoms with Crippen molar-refractivity contribution in [2.75, 3.05) is 20.1 Å². The Morgan fingerprint density at radius 1 is 1.48 bits per heavy atom.